The average molecular weight is 261 g/mol. The molecule has 0 radical (unpaired) electrons. The SMILES string of the molecule is CCc1cc([N+](=O)[O-])c(C(F)(F)F)cc1C(C)=O. The molecule has 1 rings (SSSR count). The fourth-order valence-corrected chi connectivity index (χ4v) is 1.63. The number of aryl methyl sites for hydroxylation is 1. The number of nitro groups is 1. The van der Waals surface area contributed by atoms with Crippen molar-refractivity contribution >= 4 is 11.5 Å². The van der Waals surface area contributed by atoms with Crippen LogP contribution in [0.5, 0.6) is 0 Å². The van der Waals surface area contributed by atoms with Crippen LogP contribution >= 0.6 is 0 Å². The number of Topliss-reactive ketones (excluding diaryl/α,β-unsaturated/α-hetero) is 1. The maximum absolute atomic E-state index is 12.7. The molecule has 0 saturated heterocycles. The van der Waals surface area contributed by atoms with Gasteiger partial charge in [-0.15, -0.1) is 0 Å². The van der Waals surface area contributed by atoms with Crippen LogP contribution in [0.4, 0.5) is 18.9 Å². The van der Waals surface area contributed by atoms with E-state index in [0.29, 0.717) is 6.07 Å². The Morgan fingerprint density at radius 2 is 1.94 bits per heavy atom. The Bertz CT molecular complexity index is 509. The number of ketones is 1. The minimum absolute atomic E-state index is 0.129. The van der Waals surface area contributed by atoms with E-state index in [4.69, 9.17) is 0 Å². The lowest BCUT2D eigenvalue weighted by atomic mass is 9.97. The molecule has 0 heterocycles. The molecule has 0 saturated carbocycles. The number of nitro benzene ring substituents is 1. The van der Waals surface area contributed by atoms with Crippen molar-refractivity contribution in [2.75, 3.05) is 0 Å². The fraction of sp³-hybridized carbons (Fsp3) is 0.364. The second-order valence-electron chi connectivity index (χ2n) is 3.69. The lowest BCUT2D eigenvalue weighted by Gasteiger charge is -2.11. The summed E-state index contributed by atoms with van der Waals surface area (Å²) in [6, 6.07) is 1.37. The zero-order valence-corrected chi connectivity index (χ0v) is 9.67. The minimum Gasteiger partial charge on any atom is -0.295 e. The molecule has 0 unspecified atom stereocenters. The van der Waals surface area contributed by atoms with Gasteiger partial charge in [-0.05, 0) is 25.0 Å². The van der Waals surface area contributed by atoms with E-state index in [1.165, 1.54) is 0 Å². The van der Waals surface area contributed by atoms with Crippen LogP contribution in [0.3, 0.4) is 0 Å². The van der Waals surface area contributed by atoms with Crippen LogP contribution in [-0.2, 0) is 12.6 Å². The first-order valence-electron chi connectivity index (χ1n) is 5.08. The van der Waals surface area contributed by atoms with Gasteiger partial charge in [-0.1, -0.05) is 6.92 Å². The van der Waals surface area contributed by atoms with Gasteiger partial charge in [0.05, 0.1) is 4.92 Å². The molecule has 0 N–H and O–H groups in total. The Hall–Kier alpha value is -1.92. The third-order valence-corrected chi connectivity index (χ3v) is 2.48. The molecule has 0 spiro atoms. The summed E-state index contributed by atoms with van der Waals surface area (Å²) >= 11 is 0. The molecule has 0 bridgehead atoms. The third-order valence-electron chi connectivity index (χ3n) is 2.48. The molecule has 1 aromatic rings. The highest BCUT2D eigenvalue weighted by Gasteiger charge is 2.39. The highest BCUT2D eigenvalue weighted by atomic mass is 19.4. The minimum atomic E-state index is -4.86. The predicted octanol–water partition coefficient (Wildman–Crippen LogP) is 3.38. The maximum Gasteiger partial charge on any atom is 0.423 e. The molecule has 1 aromatic carbocycles. The van der Waals surface area contributed by atoms with Crippen molar-refractivity contribution in [3.63, 3.8) is 0 Å². The van der Waals surface area contributed by atoms with Gasteiger partial charge in [-0.25, -0.2) is 0 Å². The average Bonchev–Trinajstić information content (AvgIpc) is 2.25. The molecule has 0 amide bonds. The largest absolute Gasteiger partial charge is 0.423 e. The molecular formula is C11H10F3NO3. The summed E-state index contributed by atoms with van der Waals surface area (Å²) in [5, 5.41) is 10.6. The Balaban J connectivity index is 3.63. The van der Waals surface area contributed by atoms with E-state index in [1.807, 2.05) is 0 Å². The summed E-state index contributed by atoms with van der Waals surface area (Å²) < 4.78 is 38.0. The van der Waals surface area contributed by atoms with Gasteiger partial charge in [0.2, 0.25) is 0 Å². The van der Waals surface area contributed by atoms with Crippen molar-refractivity contribution in [1.29, 1.82) is 0 Å². The fourth-order valence-electron chi connectivity index (χ4n) is 1.63. The van der Waals surface area contributed by atoms with Crippen LogP contribution in [-0.4, -0.2) is 10.7 Å². The van der Waals surface area contributed by atoms with Crippen LogP contribution < -0.4 is 0 Å². The van der Waals surface area contributed by atoms with Crippen molar-refractivity contribution in [3.8, 4) is 0 Å². The zero-order valence-electron chi connectivity index (χ0n) is 9.67. The van der Waals surface area contributed by atoms with Crippen LogP contribution in [0.25, 0.3) is 0 Å². The Labute approximate surface area is 101 Å². The Morgan fingerprint density at radius 3 is 2.28 bits per heavy atom. The number of hydrogen-bond donors (Lipinski definition) is 0. The number of nitrogens with zero attached hydrogens (tertiary/aromatic N) is 1. The molecule has 0 fully saturated rings. The number of alkyl halides is 3. The molecule has 0 aliphatic rings. The van der Waals surface area contributed by atoms with Gasteiger partial charge < -0.3 is 0 Å². The Kier molecular flexibility index (Phi) is 3.73. The van der Waals surface area contributed by atoms with Gasteiger partial charge in [-0.2, -0.15) is 13.2 Å². The van der Waals surface area contributed by atoms with E-state index < -0.39 is 28.1 Å². The quantitative estimate of drug-likeness (QED) is 0.476. The molecule has 98 valence electrons. The van der Waals surface area contributed by atoms with Crippen molar-refractivity contribution in [2.45, 2.75) is 26.4 Å². The summed E-state index contributed by atoms with van der Waals surface area (Å²) in [5.74, 6) is -0.549. The number of benzene rings is 1. The maximum atomic E-state index is 12.7. The monoisotopic (exact) mass is 261 g/mol. The highest BCUT2D eigenvalue weighted by Crippen LogP contribution is 2.37. The second kappa shape index (κ2) is 4.75. The van der Waals surface area contributed by atoms with E-state index in [1.54, 1.807) is 6.92 Å². The van der Waals surface area contributed by atoms with E-state index in [2.05, 4.69) is 0 Å². The number of rotatable bonds is 3. The van der Waals surface area contributed by atoms with Gasteiger partial charge in [0, 0.05) is 11.6 Å². The summed E-state index contributed by atoms with van der Waals surface area (Å²) in [6.45, 7) is 2.74. The lowest BCUT2D eigenvalue weighted by molar-refractivity contribution is -0.388. The van der Waals surface area contributed by atoms with E-state index in [-0.39, 0.29) is 17.5 Å². The van der Waals surface area contributed by atoms with Crippen molar-refractivity contribution < 1.29 is 22.9 Å². The number of carbonyl (C=O) groups excluding carboxylic acids is 1. The Morgan fingerprint density at radius 1 is 1.39 bits per heavy atom. The van der Waals surface area contributed by atoms with Crippen LogP contribution in [0.2, 0.25) is 0 Å². The summed E-state index contributed by atoms with van der Waals surface area (Å²) in [6.07, 6.45) is -4.62. The van der Waals surface area contributed by atoms with Gasteiger partial charge >= 0.3 is 6.18 Å². The van der Waals surface area contributed by atoms with Gasteiger partial charge in [-0.3, -0.25) is 14.9 Å². The van der Waals surface area contributed by atoms with Crippen molar-refractivity contribution in [3.05, 3.63) is 38.9 Å². The van der Waals surface area contributed by atoms with E-state index >= 15 is 0 Å². The molecule has 0 aliphatic carbocycles. The molecular weight excluding hydrogens is 251 g/mol. The first-order chi connectivity index (χ1) is 8.18. The van der Waals surface area contributed by atoms with Crippen LogP contribution in [0.1, 0.15) is 35.3 Å². The molecule has 0 aromatic heterocycles. The van der Waals surface area contributed by atoms with Crippen molar-refractivity contribution in [2.24, 2.45) is 0 Å². The molecule has 0 atom stereocenters. The lowest BCUT2D eigenvalue weighted by Crippen LogP contribution is -2.12. The normalized spacial score (nSPS) is 11.4. The standard InChI is InChI=1S/C11H10F3NO3/c1-3-7-4-10(15(17)18)9(11(12,13)14)5-8(7)6(2)16/h4-5H,3H2,1-2H3. The first kappa shape index (κ1) is 14.1. The zero-order chi connectivity index (χ0) is 14.1. The van der Waals surface area contributed by atoms with E-state index in [0.717, 1.165) is 13.0 Å². The van der Waals surface area contributed by atoms with E-state index in [9.17, 15) is 28.1 Å². The predicted molar refractivity (Wildman–Crippen MR) is 57.5 cm³/mol. The van der Waals surface area contributed by atoms with Gasteiger partial charge in [0.1, 0.15) is 5.56 Å². The first-order valence-corrected chi connectivity index (χ1v) is 5.08. The molecule has 4 nitrogen and oxygen atoms in total. The summed E-state index contributed by atoms with van der Waals surface area (Å²) in [5.41, 5.74) is -2.31. The van der Waals surface area contributed by atoms with Crippen LogP contribution in [0.15, 0.2) is 12.1 Å². The second-order valence-corrected chi connectivity index (χ2v) is 3.69. The number of carbonyl (C=O) groups is 1. The highest BCUT2D eigenvalue weighted by molar-refractivity contribution is 5.96. The van der Waals surface area contributed by atoms with Crippen LogP contribution in [0, 0.1) is 10.1 Å². The molecule has 0 aliphatic heterocycles. The van der Waals surface area contributed by atoms with Gasteiger partial charge in [0.25, 0.3) is 5.69 Å². The number of hydrogen-bond acceptors (Lipinski definition) is 3. The third kappa shape index (κ3) is 2.66. The number of halogens is 3. The molecule has 18 heavy (non-hydrogen) atoms. The molecule has 7 heteroatoms. The summed E-state index contributed by atoms with van der Waals surface area (Å²) in [7, 11) is 0. The van der Waals surface area contributed by atoms with Gasteiger partial charge in [0.15, 0.2) is 5.78 Å². The topological polar surface area (TPSA) is 60.2 Å². The summed E-state index contributed by atoms with van der Waals surface area (Å²) in [4.78, 5) is 20.8. The smallest absolute Gasteiger partial charge is 0.295 e. The van der Waals surface area contributed by atoms with Crippen molar-refractivity contribution in [1.82, 2.24) is 0 Å².